The van der Waals surface area contributed by atoms with Gasteiger partial charge < -0.3 is 20.4 Å². The van der Waals surface area contributed by atoms with Crippen molar-refractivity contribution in [3.8, 4) is 5.75 Å². The minimum absolute atomic E-state index is 0.169. The molecule has 172 valence electrons. The summed E-state index contributed by atoms with van der Waals surface area (Å²) in [4.78, 5) is 19.7. The summed E-state index contributed by atoms with van der Waals surface area (Å²) in [7, 11) is 1.65. The number of aromatic nitrogens is 1. The molecule has 0 bridgehead atoms. The fourth-order valence-electron chi connectivity index (χ4n) is 4.83. The van der Waals surface area contributed by atoms with Gasteiger partial charge in [-0.25, -0.2) is 0 Å². The van der Waals surface area contributed by atoms with Crippen LogP contribution in [0.1, 0.15) is 36.0 Å². The van der Waals surface area contributed by atoms with E-state index in [9.17, 15) is 4.79 Å². The van der Waals surface area contributed by atoms with E-state index < -0.39 is 5.41 Å². The number of halogens is 1. The molecule has 1 aromatic heterocycles. The zero-order chi connectivity index (χ0) is 23.7. The number of carbonyl (C=O) groups excluding carboxylic acids is 1. The summed E-state index contributed by atoms with van der Waals surface area (Å²) in [5.74, 6) is 0.965. The number of hydrogen-bond donors (Lipinski definition) is 2. The molecule has 1 amide bonds. The molecule has 2 heterocycles. The number of pyridine rings is 1. The molecule has 0 saturated heterocycles. The molecular formula is C27H25BrN4O2. The van der Waals surface area contributed by atoms with E-state index in [4.69, 9.17) is 10.1 Å². The molecular weight excluding hydrogens is 492 g/mol. The zero-order valence-corrected chi connectivity index (χ0v) is 20.4. The van der Waals surface area contributed by atoms with Crippen molar-refractivity contribution in [2.24, 2.45) is 0 Å². The van der Waals surface area contributed by atoms with E-state index in [0.717, 1.165) is 63.2 Å². The number of rotatable bonds is 7. The van der Waals surface area contributed by atoms with Gasteiger partial charge in [0, 0.05) is 34.5 Å². The summed E-state index contributed by atoms with van der Waals surface area (Å²) in [6.45, 7) is 0.508. The van der Waals surface area contributed by atoms with Gasteiger partial charge in [0.15, 0.2) is 0 Å². The van der Waals surface area contributed by atoms with Gasteiger partial charge in [-0.05, 0) is 87.9 Å². The number of amides is 1. The van der Waals surface area contributed by atoms with E-state index in [1.54, 1.807) is 25.6 Å². The number of allylic oxidation sites excluding steroid dienone is 1. The molecule has 1 fully saturated rings. The van der Waals surface area contributed by atoms with Crippen LogP contribution in [0, 0.1) is 5.41 Å². The number of methoxy groups -OCH3 is 1. The number of hydrogen-bond acceptors (Lipinski definition) is 5. The Hall–Kier alpha value is -3.45. The van der Waals surface area contributed by atoms with Gasteiger partial charge in [0.2, 0.25) is 5.91 Å². The number of nitrogens with one attached hydrogen (secondary N) is 2. The van der Waals surface area contributed by atoms with Crippen LogP contribution < -0.4 is 15.0 Å². The van der Waals surface area contributed by atoms with Crippen LogP contribution in [0.4, 0.5) is 11.4 Å². The average molecular weight is 517 g/mol. The van der Waals surface area contributed by atoms with Crippen molar-refractivity contribution in [1.29, 1.82) is 5.41 Å². The van der Waals surface area contributed by atoms with Crippen molar-refractivity contribution in [2.45, 2.75) is 31.2 Å². The summed E-state index contributed by atoms with van der Waals surface area (Å²) in [5, 5.41) is 11.1. The maximum absolute atomic E-state index is 13.8. The standard InChI is InChI=1S/C27H25BrN4O2/c1-34-21-5-3-18(4-6-21)17-32-25-22(27(26(32)33)10-2-11-27)15-19(16-23(25)28)24(7-12-29)31-20-8-13-30-14-9-20/h3-9,12-16,29H,2,10-11,17H2,1H3,(H,30,31)/b24-7-,29-12?. The Morgan fingerprint density at radius 3 is 2.56 bits per heavy atom. The maximum atomic E-state index is 13.8. The van der Waals surface area contributed by atoms with E-state index in [2.05, 4.69) is 32.3 Å². The number of anilines is 2. The smallest absolute Gasteiger partial charge is 0.238 e. The van der Waals surface area contributed by atoms with Gasteiger partial charge in [-0.15, -0.1) is 0 Å². The predicted octanol–water partition coefficient (Wildman–Crippen LogP) is 5.92. The number of ether oxygens (including phenoxy) is 1. The van der Waals surface area contributed by atoms with Crippen molar-refractivity contribution < 1.29 is 9.53 Å². The zero-order valence-electron chi connectivity index (χ0n) is 18.8. The van der Waals surface area contributed by atoms with E-state index in [0.29, 0.717) is 6.54 Å². The molecule has 1 aliphatic carbocycles. The van der Waals surface area contributed by atoms with Crippen LogP contribution in [-0.2, 0) is 16.8 Å². The minimum atomic E-state index is -0.465. The van der Waals surface area contributed by atoms with Crippen LogP contribution in [-0.4, -0.2) is 24.2 Å². The highest BCUT2D eigenvalue weighted by molar-refractivity contribution is 9.10. The van der Waals surface area contributed by atoms with E-state index in [1.807, 2.05) is 47.4 Å². The first-order valence-electron chi connectivity index (χ1n) is 11.2. The molecule has 5 rings (SSSR count). The van der Waals surface area contributed by atoms with Crippen LogP contribution in [0.2, 0.25) is 0 Å². The summed E-state index contributed by atoms with van der Waals surface area (Å²) in [6.07, 6.45) is 9.20. The third-order valence-corrected chi connectivity index (χ3v) is 7.34. The Bertz CT molecular complexity index is 1270. The predicted molar refractivity (Wildman–Crippen MR) is 138 cm³/mol. The summed E-state index contributed by atoms with van der Waals surface area (Å²) < 4.78 is 6.15. The molecule has 1 spiro atoms. The number of benzene rings is 2. The normalized spacial score (nSPS) is 16.2. The Balaban J connectivity index is 1.55. The molecule has 1 saturated carbocycles. The molecule has 6 nitrogen and oxygen atoms in total. The Morgan fingerprint density at radius 1 is 1.21 bits per heavy atom. The quantitative estimate of drug-likeness (QED) is 0.381. The number of fused-ring (bicyclic) bond motifs is 2. The van der Waals surface area contributed by atoms with Gasteiger partial charge in [0.25, 0.3) is 0 Å². The Labute approximate surface area is 207 Å². The van der Waals surface area contributed by atoms with Crippen LogP contribution >= 0.6 is 15.9 Å². The summed E-state index contributed by atoms with van der Waals surface area (Å²) in [6, 6.07) is 15.8. The summed E-state index contributed by atoms with van der Waals surface area (Å²) in [5.41, 5.74) is 5.20. The maximum Gasteiger partial charge on any atom is 0.238 e. The highest BCUT2D eigenvalue weighted by atomic mass is 79.9. The van der Waals surface area contributed by atoms with Crippen molar-refractivity contribution in [2.75, 3.05) is 17.3 Å². The molecule has 0 unspecified atom stereocenters. The largest absolute Gasteiger partial charge is 0.497 e. The van der Waals surface area contributed by atoms with Crippen molar-refractivity contribution in [3.05, 3.63) is 88.2 Å². The lowest BCUT2D eigenvalue weighted by Crippen LogP contribution is -2.44. The van der Waals surface area contributed by atoms with Gasteiger partial charge in [-0.2, -0.15) is 0 Å². The lowest BCUT2D eigenvalue weighted by atomic mass is 9.65. The molecule has 7 heteroatoms. The lowest BCUT2D eigenvalue weighted by Gasteiger charge is -2.37. The second-order valence-electron chi connectivity index (χ2n) is 8.64. The second kappa shape index (κ2) is 9.06. The topological polar surface area (TPSA) is 78.3 Å². The van der Waals surface area contributed by atoms with Gasteiger partial charge in [-0.1, -0.05) is 18.6 Å². The van der Waals surface area contributed by atoms with Gasteiger partial charge >= 0.3 is 0 Å². The van der Waals surface area contributed by atoms with Crippen LogP contribution in [0.3, 0.4) is 0 Å². The average Bonchev–Trinajstić information content (AvgIpc) is 3.08. The Morgan fingerprint density at radius 2 is 1.94 bits per heavy atom. The third kappa shape index (κ3) is 3.80. The first kappa shape index (κ1) is 22.3. The SMILES string of the molecule is COc1ccc(CN2C(=O)C3(CCC3)c3cc(/C(=C/C=N)Nc4ccncc4)cc(Br)c32)cc1. The van der Waals surface area contributed by atoms with Gasteiger partial charge in [0.05, 0.1) is 24.8 Å². The molecule has 2 N–H and O–H groups in total. The molecule has 0 atom stereocenters. The highest BCUT2D eigenvalue weighted by Crippen LogP contribution is 2.56. The fourth-order valence-corrected chi connectivity index (χ4v) is 5.51. The molecule has 1 aliphatic heterocycles. The Kier molecular flexibility index (Phi) is 5.96. The monoisotopic (exact) mass is 516 g/mol. The lowest BCUT2D eigenvalue weighted by molar-refractivity contribution is -0.126. The van der Waals surface area contributed by atoms with Crippen LogP contribution in [0.15, 0.2) is 71.5 Å². The molecule has 2 aromatic carbocycles. The molecule has 3 aromatic rings. The van der Waals surface area contributed by atoms with Gasteiger partial charge in [-0.3, -0.25) is 9.78 Å². The van der Waals surface area contributed by atoms with Crippen molar-refractivity contribution in [1.82, 2.24) is 4.98 Å². The highest BCUT2D eigenvalue weighted by Gasteiger charge is 2.55. The third-order valence-electron chi connectivity index (χ3n) is 6.73. The first-order chi connectivity index (χ1) is 16.6. The second-order valence-corrected chi connectivity index (χ2v) is 9.49. The molecule has 2 aliphatic rings. The van der Waals surface area contributed by atoms with Gasteiger partial charge in [0.1, 0.15) is 5.75 Å². The van der Waals surface area contributed by atoms with E-state index in [1.165, 1.54) is 6.21 Å². The number of nitrogens with zero attached hydrogens (tertiary/aromatic N) is 2. The van der Waals surface area contributed by atoms with E-state index >= 15 is 0 Å². The van der Waals surface area contributed by atoms with Crippen LogP contribution in [0.5, 0.6) is 5.75 Å². The van der Waals surface area contributed by atoms with Crippen molar-refractivity contribution >= 4 is 45.1 Å². The fraction of sp³-hybridized carbons (Fsp3) is 0.222. The minimum Gasteiger partial charge on any atom is -0.497 e. The first-order valence-corrected chi connectivity index (χ1v) is 12.0. The van der Waals surface area contributed by atoms with Crippen molar-refractivity contribution in [3.63, 3.8) is 0 Å². The van der Waals surface area contributed by atoms with E-state index in [-0.39, 0.29) is 5.91 Å². The summed E-state index contributed by atoms with van der Waals surface area (Å²) >= 11 is 3.78. The van der Waals surface area contributed by atoms with Crippen LogP contribution in [0.25, 0.3) is 5.70 Å². The molecule has 34 heavy (non-hydrogen) atoms. The number of carbonyl (C=O) groups is 1. The molecule has 0 radical (unpaired) electrons.